The highest BCUT2D eigenvalue weighted by atomic mass is 33.1. The van der Waals surface area contributed by atoms with Gasteiger partial charge < -0.3 is 14.2 Å². The molecule has 2 atom stereocenters. The number of ether oxygens (including phenoxy) is 3. The van der Waals surface area contributed by atoms with Crippen LogP contribution in [0.25, 0.3) is 0 Å². The van der Waals surface area contributed by atoms with Crippen LogP contribution in [0.2, 0.25) is 0 Å². The van der Waals surface area contributed by atoms with Crippen molar-refractivity contribution in [2.24, 2.45) is 0 Å². The van der Waals surface area contributed by atoms with Gasteiger partial charge in [-0.3, -0.25) is 14.4 Å². The van der Waals surface area contributed by atoms with Gasteiger partial charge >= 0.3 is 17.9 Å². The molecule has 1 aliphatic rings. The molecule has 1 heterocycles. The summed E-state index contributed by atoms with van der Waals surface area (Å²) < 4.78 is 15.7. The van der Waals surface area contributed by atoms with Crippen molar-refractivity contribution in [1.29, 1.82) is 0 Å². The number of esters is 3. The molecule has 6 nitrogen and oxygen atoms in total. The maximum atomic E-state index is 12.2. The molecule has 0 radical (unpaired) electrons. The van der Waals surface area contributed by atoms with Crippen molar-refractivity contribution in [3.63, 3.8) is 0 Å². The highest BCUT2D eigenvalue weighted by molar-refractivity contribution is 8.77. The van der Waals surface area contributed by atoms with Crippen molar-refractivity contribution in [3.05, 3.63) is 0 Å². The lowest BCUT2D eigenvalue weighted by Crippen LogP contribution is -2.30. The van der Waals surface area contributed by atoms with E-state index in [1.165, 1.54) is 57.6 Å². The van der Waals surface area contributed by atoms with Crippen LogP contribution in [0.15, 0.2) is 0 Å². The van der Waals surface area contributed by atoms with E-state index in [1.807, 2.05) is 21.6 Å². The van der Waals surface area contributed by atoms with Crippen molar-refractivity contribution < 1.29 is 28.6 Å². The van der Waals surface area contributed by atoms with Crippen molar-refractivity contribution in [2.45, 2.75) is 122 Å². The van der Waals surface area contributed by atoms with Crippen molar-refractivity contribution in [3.8, 4) is 0 Å². The summed E-state index contributed by atoms with van der Waals surface area (Å²) in [6.45, 7) is 3.35. The van der Waals surface area contributed by atoms with Gasteiger partial charge in [0.15, 0.2) is 6.10 Å². The van der Waals surface area contributed by atoms with Crippen LogP contribution < -0.4 is 0 Å². The van der Waals surface area contributed by atoms with Gasteiger partial charge in [-0.2, -0.15) is 0 Å². The zero-order valence-corrected chi connectivity index (χ0v) is 22.3. The molecule has 8 heteroatoms. The molecule has 1 aliphatic heterocycles. The van der Waals surface area contributed by atoms with Crippen LogP contribution in [0.1, 0.15) is 110 Å². The predicted octanol–water partition coefficient (Wildman–Crippen LogP) is 6.64. The van der Waals surface area contributed by atoms with Crippen LogP contribution in [0.5, 0.6) is 0 Å². The molecule has 0 bridgehead atoms. The van der Waals surface area contributed by atoms with Crippen molar-refractivity contribution >= 4 is 39.5 Å². The van der Waals surface area contributed by atoms with E-state index in [4.69, 9.17) is 14.2 Å². The van der Waals surface area contributed by atoms with E-state index in [0.29, 0.717) is 18.1 Å². The molecule has 0 spiro atoms. The molecule has 0 aliphatic carbocycles. The first kappa shape index (κ1) is 30.1. The summed E-state index contributed by atoms with van der Waals surface area (Å²) in [5, 5.41) is 0.702. The van der Waals surface area contributed by atoms with E-state index in [-0.39, 0.29) is 25.2 Å². The minimum atomic E-state index is -0.754. The Bertz CT molecular complexity index is 537. The summed E-state index contributed by atoms with van der Waals surface area (Å²) in [6.07, 6.45) is 14.7. The Morgan fingerprint density at radius 2 is 1.42 bits per heavy atom. The van der Waals surface area contributed by atoms with E-state index >= 15 is 0 Å². The molecule has 0 N–H and O–H groups in total. The maximum absolute atomic E-state index is 12.2. The Hall–Kier alpha value is -0.890. The molecular formula is C25H44O6S2. The Balaban J connectivity index is 2.15. The second kappa shape index (κ2) is 20.5. The largest absolute Gasteiger partial charge is 0.462 e. The van der Waals surface area contributed by atoms with Crippen LogP contribution in [-0.2, 0) is 28.6 Å². The fourth-order valence-electron chi connectivity index (χ4n) is 3.62. The van der Waals surface area contributed by atoms with Gasteiger partial charge in [-0.15, -0.1) is 0 Å². The van der Waals surface area contributed by atoms with Gasteiger partial charge in [0.25, 0.3) is 0 Å². The van der Waals surface area contributed by atoms with Gasteiger partial charge in [-0.25, -0.2) is 0 Å². The third-order valence-electron chi connectivity index (χ3n) is 5.57. The average molecular weight is 505 g/mol. The quantitative estimate of drug-likeness (QED) is 0.0790. The molecule has 0 aromatic rings. The van der Waals surface area contributed by atoms with Crippen LogP contribution in [-0.4, -0.2) is 48.2 Å². The fourth-order valence-corrected chi connectivity index (χ4v) is 6.64. The minimum absolute atomic E-state index is 0.0782. The van der Waals surface area contributed by atoms with Crippen molar-refractivity contribution in [2.75, 3.05) is 19.0 Å². The van der Waals surface area contributed by atoms with Gasteiger partial charge in [-0.05, 0) is 25.7 Å². The average Bonchev–Trinajstić information content (AvgIpc) is 3.31. The SMILES string of the molecule is CCCCCCCCCCCC(=O)OCC(COC(C)=O)OC(=O)CCCC[C@@H]1CCSS1. The van der Waals surface area contributed by atoms with Crippen molar-refractivity contribution in [1.82, 2.24) is 0 Å². The number of carbonyl (C=O) groups excluding carboxylic acids is 3. The van der Waals surface area contributed by atoms with Gasteiger partial charge in [-0.1, -0.05) is 86.3 Å². The number of hydrogen-bond acceptors (Lipinski definition) is 8. The summed E-state index contributed by atoms with van der Waals surface area (Å²) in [5.41, 5.74) is 0. The number of rotatable bonds is 20. The van der Waals surface area contributed by atoms with E-state index in [9.17, 15) is 14.4 Å². The summed E-state index contributed by atoms with van der Waals surface area (Å²) >= 11 is 0. The zero-order chi connectivity index (χ0) is 24.2. The highest BCUT2D eigenvalue weighted by Gasteiger charge is 2.19. The molecule has 0 aromatic carbocycles. The van der Waals surface area contributed by atoms with E-state index < -0.39 is 12.1 Å². The minimum Gasteiger partial charge on any atom is -0.462 e. The third-order valence-corrected chi connectivity index (χ3v) is 8.58. The fraction of sp³-hybridized carbons (Fsp3) is 0.880. The summed E-state index contributed by atoms with van der Waals surface area (Å²) in [4.78, 5) is 35.4. The van der Waals surface area contributed by atoms with Crippen LogP contribution in [0.3, 0.4) is 0 Å². The standard InChI is InChI=1S/C25H44O6S2/c1-3-4-5-6-7-8-9-10-11-15-24(27)30-20-22(19-29-21(2)26)31-25(28)16-13-12-14-23-17-18-32-33-23/h22-23H,3-20H2,1-2H3/t22?,23-/m1/s1. The van der Waals surface area contributed by atoms with Gasteiger partial charge in [0, 0.05) is 30.8 Å². The topological polar surface area (TPSA) is 78.9 Å². The molecule has 1 fully saturated rings. The second-order valence-corrected chi connectivity index (χ2v) is 11.5. The summed E-state index contributed by atoms with van der Waals surface area (Å²) in [7, 11) is 3.87. The number of carbonyl (C=O) groups is 3. The highest BCUT2D eigenvalue weighted by Crippen LogP contribution is 2.39. The zero-order valence-electron chi connectivity index (χ0n) is 20.6. The smallest absolute Gasteiger partial charge is 0.306 e. The molecule has 0 amide bonds. The second-order valence-electron chi connectivity index (χ2n) is 8.75. The van der Waals surface area contributed by atoms with Gasteiger partial charge in [0.05, 0.1) is 0 Å². The molecule has 0 saturated carbocycles. The monoisotopic (exact) mass is 504 g/mol. The summed E-state index contributed by atoms with van der Waals surface area (Å²) in [6, 6.07) is 0. The molecule has 192 valence electrons. The first-order valence-electron chi connectivity index (χ1n) is 12.8. The van der Waals surface area contributed by atoms with Gasteiger partial charge in [0.2, 0.25) is 0 Å². The number of hydrogen-bond donors (Lipinski definition) is 0. The Morgan fingerprint density at radius 3 is 2.06 bits per heavy atom. The van der Waals surface area contributed by atoms with Crippen LogP contribution in [0, 0.1) is 0 Å². The van der Waals surface area contributed by atoms with Gasteiger partial charge in [0.1, 0.15) is 13.2 Å². The first-order valence-corrected chi connectivity index (χ1v) is 15.2. The lowest BCUT2D eigenvalue weighted by atomic mass is 10.1. The Morgan fingerprint density at radius 1 is 0.818 bits per heavy atom. The lowest BCUT2D eigenvalue weighted by molar-refractivity contribution is -0.166. The van der Waals surface area contributed by atoms with Crippen LogP contribution >= 0.6 is 21.6 Å². The van der Waals surface area contributed by atoms with E-state index in [1.54, 1.807) is 0 Å². The predicted molar refractivity (Wildman–Crippen MR) is 136 cm³/mol. The maximum Gasteiger partial charge on any atom is 0.306 e. The molecule has 1 saturated heterocycles. The third kappa shape index (κ3) is 18.2. The summed E-state index contributed by atoms with van der Waals surface area (Å²) in [5.74, 6) is 0.126. The van der Waals surface area contributed by atoms with E-state index in [2.05, 4.69) is 6.92 Å². The normalized spacial score (nSPS) is 16.4. The lowest BCUT2D eigenvalue weighted by Gasteiger charge is -2.18. The molecule has 1 rings (SSSR count). The number of unbranched alkanes of at least 4 members (excludes halogenated alkanes) is 9. The Kier molecular flexibility index (Phi) is 18.7. The Labute approximate surface area is 208 Å². The first-order chi connectivity index (χ1) is 16.0. The molecule has 0 aromatic heterocycles. The van der Waals surface area contributed by atoms with E-state index in [0.717, 1.165) is 38.5 Å². The van der Waals surface area contributed by atoms with Crippen LogP contribution in [0.4, 0.5) is 0 Å². The molecular weight excluding hydrogens is 460 g/mol. The molecule has 1 unspecified atom stereocenters. The molecule has 33 heavy (non-hydrogen) atoms.